The molecule has 1 saturated heterocycles. The van der Waals surface area contributed by atoms with Gasteiger partial charge in [0.1, 0.15) is 0 Å². The SMILES string of the molecule is CNC1(C)CCN(c2nc(C)no2)CC1. The summed E-state index contributed by atoms with van der Waals surface area (Å²) in [4.78, 5) is 6.39. The Hall–Kier alpha value is -1.10. The summed E-state index contributed by atoms with van der Waals surface area (Å²) in [5.74, 6) is 0.701. The Labute approximate surface area is 89.8 Å². The molecule has 1 aromatic heterocycles. The van der Waals surface area contributed by atoms with Crippen molar-refractivity contribution < 1.29 is 4.52 Å². The highest BCUT2D eigenvalue weighted by atomic mass is 16.5. The van der Waals surface area contributed by atoms with E-state index in [-0.39, 0.29) is 5.54 Å². The standard InChI is InChI=1S/C10H18N4O/c1-8-12-9(15-13-8)14-6-4-10(2,11-3)5-7-14/h11H,4-7H2,1-3H3. The molecule has 5 heteroatoms. The highest BCUT2D eigenvalue weighted by Crippen LogP contribution is 2.24. The first-order valence-electron chi connectivity index (χ1n) is 5.37. The van der Waals surface area contributed by atoms with Gasteiger partial charge in [-0.05, 0) is 33.7 Å². The van der Waals surface area contributed by atoms with Crippen molar-refractivity contribution in [1.82, 2.24) is 15.5 Å². The molecule has 0 spiro atoms. The van der Waals surface area contributed by atoms with Gasteiger partial charge in [0, 0.05) is 18.6 Å². The monoisotopic (exact) mass is 210 g/mol. The maximum atomic E-state index is 5.15. The van der Waals surface area contributed by atoms with E-state index in [9.17, 15) is 0 Å². The van der Waals surface area contributed by atoms with Gasteiger partial charge in [-0.25, -0.2) is 0 Å². The van der Waals surface area contributed by atoms with Gasteiger partial charge in [0.25, 0.3) is 0 Å². The van der Waals surface area contributed by atoms with Gasteiger partial charge in [-0.3, -0.25) is 0 Å². The third kappa shape index (κ3) is 2.12. The van der Waals surface area contributed by atoms with Crippen LogP contribution in [0.3, 0.4) is 0 Å². The number of aryl methyl sites for hydroxylation is 1. The number of hydrogen-bond donors (Lipinski definition) is 1. The summed E-state index contributed by atoms with van der Waals surface area (Å²) in [5, 5.41) is 7.17. The molecule has 15 heavy (non-hydrogen) atoms. The number of aromatic nitrogens is 2. The van der Waals surface area contributed by atoms with Gasteiger partial charge in [0.15, 0.2) is 5.82 Å². The molecule has 5 nitrogen and oxygen atoms in total. The van der Waals surface area contributed by atoms with E-state index in [1.165, 1.54) is 0 Å². The molecule has 0 bridgehead atoms. The average molecular weight is 210 g/mol. The van der Waals surface area contributed by atoms with E-state index < -0.39 is 0 Å². The largest absolute Gasteiger partial charge is 0.324 e. The fourth-order valence-electron chi connectivity index (χ4n) is 1.86. The Morgan fingerprint density at radius 2 is 2.07 bits per heavy atom. The van der Waals surface area contributed by atoms with Gasteiger partial charge in [-0.1, -0.05) is 5.16 Å². The van der Waals surface area contributed by atoms with E-state index in [4.69, 9.17) is 4.52 Å². The lowest BCUT2D eigenvalue weighted by Crippen LogP contribution is -2.50. The Bertz CT molecular complexity index is 328. The lowest BCUT2D eigenvalue weighted by Gasteiger charge is -2.38. The molecule has 2 rings (SSSR count). The molecule has 0 saturated carbocycles. The highest BCUT2D eigenvalue weighted by molar-refractivity contribution is 5.26. The summed E-state index contributed by atoms with van der Waals surface area (Å²) in [6, 6.07) is 0.658. The van der Waals surface area contributed by atoms with Crippen molar-refractivity contribution in [3.05, 3.63) is 5.82 Å². The summed E-state index contributed by atoms with van der Waals surface area (Å²) >= 11 is 0. The molecule has 0 aromatic carbocycles. The summed E-state index contributed by atoms with van der Waals surface area (Å²) < 4.78 is 5.15. The minimum absolute atomic E-state index is 0.256. The van der Waals surface area contributed by atoms with Crippen LogP contribution in [0.5, 0.6) is 0 Å². The first-order chi connectivity index (χ1) is 7.13. The summed E-state index contributed by atoms with van der Waals surface area (Å²) in [6.45, 7) is 6.04. The van der Waals surface area contributed by atoms with Crippen molar-refractivity contribution in [1.29, 1.82) is 0 Å². The molecule has 0 aliphatic carbocycles. The minimum atomic E-state index is 0.256. The van der Waals surface area contributed by atoms with Crippen molar-refractivity contribution in [2.75, 3.05) is 25.0 Å². The molecule has 0 unspecified atom stereocenters. The van der Waals surface area contributed by atoms with Crippen LogP contribution < -0.4 is 10.2 Å². The van der Waals surface area contributed by atoms with Crippen molar-refractivity contribution >= 4 is 6.01 Å². The van der Waals surface area contributed by atoms with Gasteiger partial charge >= 0.3 is 6.01 Å². The van der Waals surface area contributed by atoms with Crippen molar-refractivity contribution in [2.45, 2.75) is 32.2 Å². The van der Waals surface area contributed by atoms with E-state index in [0.717, 1.165) is 25.9 Å². The normalized spacial score (nSPS) is 20.6. The first-order valence-corrected chi connectivity index (χ1v) is 5.37. The number of nitrogens with zero attached hydrogens (tertiary/aromatic N) is 3. The van der Waals surface area contributed by atoms with E-state index in [1.807, 2.05) is 14.0 Å². The number of nitrogens with one attached hydrogen (secondary N) is 1. The van der Waals surface area contributed by atoms with Crippen LogP contribution in [0.2, 0.25) is 0 Å². The zero-order valence-electron chi connectivity index (χ0n) is 9.58. The second-order valence-corrected chi connectivity index (χ2v) is 4.42. The molecule has 0 radical (unpaired) electrons. The zero-order valence-corrected chi connectivity index (χ0v) is 9.58. The molecule has 84 valence electrons. The molecule has 0 atom stereocenters. The molecule has 0 amide bonds. The molecule has 2 heterocycles. The third-order valence-electron chi connectivity index (χ3n) is 3.26. The second kappa shape index (κ2) is 3.81. The first kappa shape index (κ1) is 10.4. The van der Waals surface area contributed by atoms with Crippen LogP contribution in [-0.4, -0.2) is 35.8 Å². The van der Waals surface area contributed by atoms with Crippen LogP contribution in [0.1, 0.15) is 25.6 Å². The molecule has 1 aliphatic rings. The number of rotatable bonds is 2. The Balaban J connectivity index is 1.99. The molecule has 1 N–H and O–H groups in total. The van der Waals surface area contributed by atoms with E-state index in [2.05, 4.69) is 27.3 Å². The van der Waals surface area contributed by atoms with Crippen molar-refractivity contribution in [3.63, 3.8) is 0 Å². The maximum absolute atomic E-state index is 5.15. The zero-order chi connectivity index (χ0) is 10.9. The number of anilines is 1. The molecule has 1 aliphatic heterocycles. The third-order valence-corrected chi connectivity index (χ3v) is 3.26. The van der Waals surface area contributed by atoms with E-state index in [1.54, 1.807) is 0 Å². The quantitative estimate of drug-likeness (QED) is 0.788. The Morgan fingerprint density at radius 3 is 2.53 bits per heavy atom. The number of piperidine rings is 1. The average Bonchev–Trinajstić information content (AvgIpc) is 2.66. The van der Waals surface area contributed by atoms with Crippen molar-refractivity contribution in [2.24, 2.45) is 0 Å². The van der Waals surface area contributed by atoms with Crippen LogP contribution in [0, 0.1) is 6.92 Å². The summed E-state index contributed by atoms with van der Waals surface area (Å²) in [7, 11) is 2.02. The fourth-order valence-corrected chi connectivity index (χ4v) is 1.86. The van der Waals surface area contributed by atoms with Gasteiger partial charge in [0.05, 0.1) is 0 Å². The Morgan fingerprint density at radius 1 is 1.40 bits per heavy atom. The molecular weight excluding hydrogens is 192 g/mol. The van der Waals surface area contributed by atoms with Crippen LogP contribution in [0.4, 0.5) is 6.01 Å². The predicted octanol–water partition coefficient (Wildman–Crippen LogP) is 0.956. The molecular formula is C10H18N4O. The lowest BCUT2D eigenvalue weighted by atomic mass is 9.90. The van der Waals surface area contributed by atoms with E-state index >= 15 is 0 Å². The maximum Gasteiger partial charge on any atom is 0.324 e. The topological polar surface area (TPSA) is 54.2 Å². The highest BCUT2D eigenvalue weighted by Gasteiger charge is 2.30. The van der Waals surface area contributed by atoms with E-state index in [0.29, 0.717) is 11.8 Å². The molecule has 1 fully saturated rings. The van der Waals surface area contributed by atoms with Gasteiger partial charge < -0.3 is 14.7 Å². The summed E-state index contributed by atoms with van der Waals surface area (Å²) in [5.41, 5.74) is 0.256. The predicted molar refractivity (Wildman–Crippen MR) is 57.9 cm³/mol. The Kier molecular flexibility index (Phi) is 2.65. The second-order valence-electron chi connectivity index (χ2n) is 4.42. The van der Waals surface area contributed by atoms with Crippen LogP contribution in [0.15, 0.2) is 4.52 Å². The van der Waals surface area contributed by atoms with Crippen LogP contribution in [0.25, 0.3) is 0 Å². The summed E-state index contributed by atoms with van der Waals surface area (Å²) in [6.07, 6.45) is 2.20. The van der Waals surface area contributed by atoms with Crippen LogP contribution in [-0.2, 0) is 0 Å². The number of hydrogen-bond acceptors (Lipinski definition) is 5. The van der Waals surface area contributed by atoms with Crippen LogP contribution >= 0.6 is 0 Å². The lowest BCUT2D eigenvalue weighted by molar-refractivity contribution is 0.292. The molecule has 1 aromatic rings. The smallest absolute Gasteiger partial charge is 0.324 e. The minimum Gasteiger partial charge on any atom is -0.324 e. The van der Waals surface area contributed by atoms with Crippen molar-refractivity contribution in [3.8, 4) is 0 Å². The van der Waals surface area contributed by atoms with Gasteiger partial charge in [0.2, 0.25) is 0 Å². The fraction of sp³-hybridized carbons (Fsp3) is 0.800. The van der Waals surface area contributed by atoms with Gasteiger partial charge in [-0.2, -0.15) is 4.98 Å². The van der Waals surface area contributed by atoms with Gasteiger partial charge in [-0.15, -0.1) is 0 Å².